The predicted octanol–water partition coefficient (Wildman–Crippen LogP) is 2.09. The smallest absolute Gasteiger partial charge is 0.292 e. The molecule has 0 radical (unpaired) electrons. The molecule has 1 saturated heterocycles. The maximum Gasteiger partial charge on any atom is 0.292 e. The van der Waals surface area contributed by atoms with E-state index in [0.29, 0.717) is 17.5 Å². The van der Waals surface area contributed by atoms with Crippen LogP contribution in [0.3, 0.4) is 0 Å². The van der Waals surface area contributed by atoms with Gasteiger partial charge in [0.25, 0.3) is 5.91 Å². The first-order valence-corrected chi connectivity index (χ1v) is 8.47. The number of aryl methyl sites for hydroxylation is 1. The van der Waals surface area contributed by atoms with Crippen LogP contribution in [-0.4, -0.2) is 39.0 Å². The first kappa shape index (κ1) is 16.4. The van der Waals surface area contributed by atoms with Crippen molar-refractivity contribution in [1.82, 2.24) is 20.0 Å². The van der Waals surface area contributed by atoms with Crippen LogP contribution in [0.2, 0.25) is 0 Å². The third-order valence-electron chi connectivity index (χ3n) is 4.49. The molecule has 1 aliphatic heterocycles. The average Bonchev–Trinajstić information content (AvgIpc) is 2.96. The van der Waals surface area contributed by atoms with Crippen LogP contribution in [0.5, 0.6) is 0 Å². The minimum Gasteiger partial charge on any atom is -0.382 e. The van der Waals surface area contributed by atoms with E-state index in [1.54, 1.807) is 18.5 Å². The summed E-state index contributed by atoms with van der Waals surface area (Å²) in [5, 5.41) is 3.90. The molecule has 128 valence electrons. The molecular formula is C17H23N5O2. The second-order valence-electron chi connectivity index (χ2n) is 6.26. The van der Waals surface area contributed by atoms with Crippen molar-refractivity contribution in [2.24, 2.45) is 5.92 Å². The fourth-order valence-electron chi connectivity index (χ4n) is 3.07. The number of nitrogens with two attached hydrogens (primary N) is 1. The van der Waals surface area contributed by atoms with Crippen LogP contribution in [0, 0.1) is 5.92 Å². The predicted molar refractivity (Wildman–Crippen MR) is 89.3 cm³/mol. The minimum absolute atomic E-state index is 0.0601. The van der Waals surface area contributed by atoms with Crippen LogP contribution >= 0.6 is 0 Å². The normalized spacial score (nSPS) is 18.4. The van der Waals surface area contributed by atoms with E-state index in [4.69, 9.17) is 10.3 Å². The Morgan fingerprint density at radius 1 is 1.29 bits per heavy atom. The molecular weight excluding hydrogens is 306 g/mol. The summed E-state index contributed by atoms with van der Waals surface area (Å²) in [6, 6.07) is 1.74. The number of hydrogen-bond donors (Lipinski definition) is 1. The van der Waals surface area contributed by atoms with Crippen LogP contribution < -0.4 is 5.73 Å². The summed E-state index contributed by atoms with van der Waals surface area (Å²) >= 11 is 0. The summed E-state index contributed by atoms with van der Waals surface area (Å²) < 4.78 is 5.17. The summed E-state index contributed by atoms with van der Waals surface area (Å²) in [6.45, 7) is 3.47. The number of aromatic nitrogens is 3. The van der Waals surface area contributed by atoms with E-state index >= 15 is 0 Å². The van der Waals surface area contributed by atoms with Gasteiger partial charge in [0.05, 0.1) is 23.8 Å². The summed E-state index contributed by atoms with van der Waals surface area (Å²) in [5.41, 5.74) is 7.34. The van der Waals surface area contributed by atoms with Crippen LogP contribution in [0.15, 0.2) is 23.0 Å². The molecule has 1 aliphatic rings. The Bertz CT molecular complexity index is 683. The second kappa shape index (κ2) is 7.42. The highest BCUT2D eigenvalue weighted by molar-refractivity contribution is 5.91. The zero-order valence-corrected chi connectivity index (χ0v) is 13.9. The molecule has 1 amide bonds. The van der Waals surface area contributed by atoms with Gasteiger partial charge in [-0.05, 0) is 38.0 Å². The Morgan fingerprint density at radius 2 is 2.17 bits per heavy atom. The SMILES string of the molecule is CCc1cc(C(=O)N2CCC[C@@H](Cc3cnc(N)cn3)CC2)on1. The van der Waals surface area contributed by atoms with Crippen molar-refractivity contribution in [1.29, 1.82) is 0 Å². The standard InChI is InChI=1S/C17H23N5O2/c1-2-13-9-15(24-21-13)17(23)22-6-3-4-12(5-7-22)8-14-10-20-16(18)11-19-14/h9-12H,2-8H2,1H3,(H2,18,20)/t12-/m1/s1. The molecule has 0 bridgehead atoms. The molecule has 1 fully saturated rings. The lowest BCUT2D eigenvalue weighted by atomic mass is 9.95. The lowest BCUT2D eigenvalue weighted by Gasteiger charge is -2.19. The zero-order valence-electron chi connectivity index (χ0n) is 13.9. The Kier molecular flexibility index (Phi) is 5.08. The number of rotatable bonds is 4. The molecule has 0 aliphatic carbocycles. The maximum absolute atomic E-state index is 12.5. The molecule has 0 aromatic carbocycles. The maximum atomic E-state index is 12.5. The Morgan fingerprint density at radius 3 is 2.88 bits per heavy atom. The monoisotopic (exact) mass is 329 g/mol. The number of carbonyl (C=O) groups excluding carboxylic acids is 1. The van der Waals surface area contributed by atoms with Gasteiger partial charge in [-0.25, -0.2) is 4.98 Å². The van der Waals surface area contributed by atoms with Crippen molar-refractivity contribution in [2.45, 2.75) is 39.0 Å². The second-order valence-corrected chi connectivity index (χ2v) is 6.26. The van der Waals surface area contributed by atoms with Crippen molar-refractivity contribution in [2.75, 3.05) is 18.8 Å². The van der Waals surface area contributed by atoms with Crippen LogP contribution in [0.4, 0.5) is 5.82 Å². The molecule has 24 heavy (non-hydrogen) atoms. The molecule has 2 aromatic heterocycles. The van der Waals surface area contributed by atoms with Gasteiger partial charge in [0.2, 0.25) is 5.76 Å². The number of carbonyl (C=O) groups is 1. The third-order valence-corrected chi connectivity index (χ3v) is 4.49. The van der Waals surface area contributed by atoms with E-state index in [0.717, 1.165) is 56.6 Å². The van der Waals surface area contributed by atoms with E-state index in [2.05, 4.69) is 15.1 Å². The van der Waals surface area contributed by atoms with E-state index in [1.807, 2.05) is 11.8 Å². The van der Waals surface area contributed by atoms with Crippen molar-refractivity contribution >= 4 is 11.7 Å². The number of hydrogen-bond acceptors (Lipinski definition) is 6. The zero-order chi connectivity index (χ0) is 16.9. The van der Waals surface area contributed by atoms with Crippen LogP contribution in [-0.2, 0) is 12.8 Å². The molecule has 0 saturated carbocycles. The lowest BCUT2D eigenvalue weighted by Crippen LogP contribution is -2.31. The molecule has 3 heterocycles. The molecule has 2 aromatic rings. The highest BCUT2D eigenvalue weighted by Gasteiger charge is 2.24. The van der Waals surface area contributed by atoms with Crippen LogP contribution in [0.25, 0.3) is 0 Å². The van der Waals surface area contributed by atoms with E-state index in [-0.39, 0.29) is 5.91 Å². The first-order chi connectivity index (χ1) is 11.7. The Balaban J connectivity index is 1.58. The summed E-state index contributed by atoms with van der Waals surface area (Å²) in [7, 11) is 0. The summed E-state index contributed by atoms with van der Waals surface area (Å²) in [6.07, 6.45) is 7.98. The van der Waals surface area contributed by atoms with Crippen molar-refractivity contribution in [3.05, 3.63) is 35.6 Å². The number of nitrogens with zero attached hydrogens (tertiary/aromatic N) is 4. The van der Waals surface area contributed by atoms with Gasteiger partial charge >= 0.3 is 0 Å². The molecule has 1 atom stereocenters. The summed E-state index contributed by atoms with van der Waals surface area (Å²) in [5.74, 6) is 1.22. The highest BCUT2D eigenvalue weighted by Crippen LogP contribution is 2.22. The van der Waals surface area contributed by atoms with Crippen molar-refractivity contribution in [3.8, 4) is 0 Å². The van der Waals surface area contributed by atoms with Gasteiger partial charge < -0.3 is 15.2 Å². The number of likely N-dealkylation sites (tertiary alicyclic amines) is 1. The number of anilines is 1. The largest absolute Gasteiger partial charge is 0.382 e. The van der Waals surface area contributed by atoms with E-state index in [9.17, 15) is 4.79 Å². The fraction of sp³-hybridized carbons (Fsp3) is 0.529. The van der Waals surface area contributed by atoms with Crippen molar-refractivity contribution < 1.29 is 9.32 Å². The number of nitrogen functional groups attached to an aromatic ring is 1. The topological polar surface area (TPSA) is 98.1 Å². The summed E-state index contributed by atoms with van der Waals surface area (Å²) in [4.78, 5) is 22.8. The van der Waals surface area contributed by atoms with Gasteiger partial charge in [-0.15, -0.1) is 0 Å². The highest BCUT2D eigenvalue weighted by atomic mass is 16.5. The first-order valence-electron chi connectivity index (χ1n) is 8.47. The van der Waals surface area contributed by atoms with Gasteiger partial charge in [-0.3, -0.25) is 9.78 Å². The average molecular weight is 329 g/mol. The molecule has 0 unspecified atom stereocenters. The van der Waals surface area contributed by atoms with Gasteiger partial charge in [-0.1, -0.05) is 12.1 Å². The molecule has 2 N–H and O–H groups in total. The lowest BCUT2D eigenvalue weighted by molar-refractivity contribution is 0.0718. The van der Waals surface area contributed by atoms with Crippen LogP contribution in [0.1, 0.15) is 48.1 Å². The van der Waals surface area contributed by atoms with Gasteiger partial charge in [0, 0.05) is 19.2 Å². The van der Waals surface area contributed by atoms with E-state index < -0.39 is 0 Å². The van der Waals surface area contributed by atoms with Gasteiger partial charge in [-0.2, -0.15) is 0 Å². The molecule has 3 rings (SSSR count). The molecule has 7 heteroatoms. The molecule has 7 nitrogen and oxygen atoms in total. The Labute approximate surface area is 141 Å². The van der Waals surface area contributed by atoms with Gasteiger partial charge in [0.1, 0.15) is 5.82 Å². The quantitative estimate of drug-likeness (QED) is 0.922. The number of amides is 1. The van der Waals surface area contributed by atoms with E-state index in [1.165, 1.54) is 0 Å². The van der Waals surface area contributed by atoms with Gasteiger partial charge in [0.15, 0.2) is 0 Å². The van der Waals surface area contributed by atoms with Crippen molar-refractivity contribution in [3.63, 3.8) is 0 Å². The Hall–Kier alpha value is -2.44. The molecule has 0 spiro atoms. The third kappa shape index (κ3) is 3.90. The minimum atomic E-state index is -0.0601. The fourth-order valence-corrected chi connectivity index (χ4v) is 3.07.